The van der Waals surface area contributed by atoms with Crippen LogP contribution in [-0.4, -0.2) is 62.4 Å². The number of nitrogens with zero attached hydrogens (tertiary/aromatic N) is 2. The van der Waals surface area contributed by atoms with Crippen LogP contribution in [0.2, 0.25) is 0 Å². The van der Waals surface area contributed by atoms with E-state index in [2.05, 4.69) is 16.7 Å². The van der Waals surface area contributed by atoms with Gasteiger partial charge in [0, 0.05) is 46.0 Å². The first kappa shape index (κ1) is 10.9. The minimum absolute atomic E-state index is 0.532. The van der Waals surface area contributed by atoms with Gasteiger partial charge in [-0.25, -0.2) is 0 Å². The number of ether oxygens (including phenoxy) is 1. The van der Waals surface area contributed by atoms with Gasteiger partial charge in [0.2, 0.25) is 0 Å². The lowest BCUT2D eigenvalue weighted by molar-refractivity contribution is 0.0582. The van der Waals surface area contributed by atoms with E-state index in [1.165, 1.54) is 0 Å². The van der Waals surface area contributed by atoms with Crippen molar-refractivity contribution in [3.05, 3.63) is 0 Å². The quantitative estimate of drug-likeness (QED) is 0.647. The Labute approximate surface area is 80.6 Å². The van der Waals surface area contributed by atoms with E-state index < -0.39 is 0 Å². The summed E-state index contributed by atoms with van der Waals surface area (Å²) in [6.07, 6.45) is 0. The van der Waals surface area contributed by atoms with E-state index in [0.29, 0.717) is 12.7 Å². The Hall–Kier alpha value is -0.160. The highest BCUT2D eigenvalue weighted by atomic mass is 16.5. The molecule has 0 aliphatic carbocycles. The Morgan fingerprint density at radius 1 is 1.31 bits per heavy atom. The third kappa shape index (κ3) is 3.23. The van der Waals surface area contributed by atoms with Crippen molar-refractivity contribution < 1.29 is 4.74 Å². The maximum absolute atomic E-state index is 5.57. The highest BCUT2D eigenvalue weighted by Gasteiger charge is 2.19. The zero-order valence-electron chi connectivity index (χ0n) is 8.70. The summed E-state index contributed by atoms with van der Waals surface area (Å²) in [5.41, 5.74) is 5.57. The van der Waals surface area contributed by atoms with Crippen LogP contribution >= 0.6 is 0 Å². The van der Waals surface area contributed by atoms with Crippen LogP contribution in [0.1, 0.15) is 6.92 Å². The van der Waals surface area contributed by atoms with E-state index in [1.807, 2.05) is 0 Å². The Kier molecular flexibility index (Phi) is 4.66. The Bertz CT molecular complexity index is 135. The summed E-state index contributed by atoms with van der Waals surface area (Å²) in [6.45, 7) is 8.12. The van der Waals surface area contributed by atoms with Gasteiger partial charge in [-0.2, -0.15) is 0 Å². The highest BCUT2D eigenvalue weighted by Crippen LogP contribution is 2.05. The summed E-state index contributed by atoms with van der Waals surface area (Å²) in [5, 5.41) is 0. The largest absolute Gasteiger partial charge is 0.383 e. The van der Waals surface area contributed by atoms with Crippen molar-refractivity contribution in [1.82, 2.24) is 9.80 Å². The molecule has 0 aromatic carbocycles. The molecule has 1 aliphatic rings. The summed E-state index contributed by atoms with van der Waals surface area (Å²) in [5.74, 6) is 0. The van der Waals surface area contributed by atoms with Crippen LogP contribution in [-0.2, 0) is 4.74 Å². The molecule has 1 aliphatic heterocycles. The zero-order valence-corrected chi connectivity index (χ0v) is 8.70. The van der Waals surface area contributed by atoms with Crippen molar-refractivity contribution in [3.63, 3.8) is 0 Å². The van der Waals surface area contributed by atoms with Gasteiger partial charge in [0.05, 0.1) is 6.61 Å². The van der Waals surface area contributed by atoms with Gasteiger partial charge < -0.3 is 10.5 Å². The van der Waals surface area contributed by atoms with Crippen LogP contribution in [0.3, 0.4) is 0 Å². The molecule has 13 heavy (non-hydrogen) atoms. The monoisotopic (exact) mass is 187 g/mol. The van der Waals surface area contributed by atoms with Crippen molar-refractivity contribution >= 4 is 0 Å². The molecule has 0 spiro atoms. The third-order valence-corrected chi connectivity index (χ3v) is 2.70. The van der Waals surface area contributed by atoms with Gasteiger partial charge in [0.15, 0.2) is 0 Å². The maximum Gasteiger partial charge on any atom is 0.0615 e. The van der Waals surface area contributed by atoms with Gasteiger partial charge in [0.1, 0.15) is 0 Å². The molecule has 4 heteroatoms. The standard InChI is InChI=1S/C9H21N3O/c1-9(7-13-2)12-5-3-11(8-10)4-6-12/h9H,3-8,10H2,1-2H3. The second-order valence-corrected chi connectivity index (χ2v) is 3.64. The lowest BCUT2D eigenvalue weighted by Crippen LogP contribution is -2.51. The minimum Gasteiger partial charge on any atom is -0.383 e. The van der Waals surface area contributed by atoms with E-state index in [0.717, 1.165) is 32.8 Å². The molecule has 0 radical (unpaired) electrons. The molecule has 0 saturated carbocycles. The third-order valence-electron chi connectivity index (χ3n) is 2.70. The SMILES string of the molecule is COCC(C)N1CCN(CN)CC1. The van der Waals surface area contributed by atoms with Gasteiger partial charge >= 0.3 is 0 Å². The van der Waals surface area contributed by atoms with E-state index in [9.17, 15) is 0 Å². The molecule has 78 valence electrons. The molecule has 0 aromatic rings. The molecule has 1 fully saturated rings. The van der Waals surface area contributed by atoms with Crippen LogP contribution in [0.15, 0.2) is 0 Å². The van der Waals surface area contributed by atoms with Crippen molar-refractivity contribution in [2.75, 3.05) is 46.6 Å². The van der Waals surface area contributed by atoms with Gasteiger partial charge in [-0.3, -0.25) is 9.80 Å². The first-order valence-corrected chi connectivity index (χ1v) is 4.93. The van der Waals surface area contributed by atoms with E-state index in [1.54, 1.807) is 7.11 Å². The predicted octanol–water partition coefficient (Wildman–Crippen LogP) is -0.445. The molecule has 1 rings (SSSR count). The van der Waals surface area contributed by atoms with E-state index in [-0.39, 0.29) is 0 Å². The second kappa shape index (κ2) is 5.54. The molecule has 0 amide bonds. The molecule has 1 atom stereocenters. The number of hydrogen-bond donors (Lipinski definition) is 1. The van der Waals surface area contributed by atoms with Crippen molar-refractivity contribution in [2.45, 2.75) is 13.0 Å². The fraction of sp³-hybridized carbons (Fsp3) is 1.00. The van der Waals surface area contributed by atoms with Crippen LogP contribution in [0.25, 0.3) is 0 Å². The maximum atomic E-state index is 5.57. The number of nitrogens with two attached hydrogens (primary N) is 1. The lowest BCUT2D eigenvalue weighted by atomic mass is 10.2. The summed E-state index contributed by atoms with van der Waals surface area (Å²) < 4.78 is 5.13. The fourth-order valence-corrected chi connectivity index (χ4v) is 1.73. The lowest BCUT2D eigenvalue weighted by Gasteiger charge is -2.37. The fourth-order valence-electron chi connectivity index (χ4n) is 1.73. The van der Waals surface area contributed by atoms with Gasteiger partial charge in [-0.1, -0.05) is 0 Å². The Morgan fingerprint density at radius 2 is 1.92 bits per heavy atom. The molecule has 4 nitrogen and oxygen atoms in total. The van der Waals surface area contributed by atoms with Gasteiger partial charge in [-0.15, -0.1) is 0 Å². The Balaban J connectivity index is 2.23. The molecule has 0 bridgehead atoms. The molecule has 2 N–H and O–H groups in total. The number of rotatable bonds is 4. The van der Waals surface area contributed by atoms with E-state index >= 15 is 0 Å². The zero-order chi connectivity index (χ0) is 9.68. The van der Waals surface area contributed by atoms with Crippen LogP contribution in [0.5, 0.6) is 0 Å². The number of methoxy groups -OCH3 is 1. The van der Waals surface area contributed by atoms with Crippen LogP contribution in [0.4, 0.5) is 0 Å². The summed E-state index contributed by atoms with van der Waals surface area (Å²) in [7, 11) is 1.76. The van der Waals surface area contributed by atoms with Crippen molar-refractivity contribution in [1.29, 1.82) is 0 Å². The average Bonchev–Trinajstić information content (AvgIpc) is 2.18. The van der Waals surface area contributed by atoms with Gasteiger partial charge in [-0.05, 0) is 6.92 Å². The molecular weight excluding hydrogens is 166 g/mol. The summed E-state index contributed by atoms with van der Waals surface area (Å²) >= 11 is 0. The molecule has 1 unspecified atom stereocenters. The number of piperazine rings is 1. The normalized spacial score (nSPS) is 23.3. The first-order valence-electron chi connectivity index (χ1n) is 4.93. The molecule has 1 saturated heterocycles. The van der Waals surface area contributed by atoms with Crippen molar-refractivity contribution in [2.24, 2.45) is 5.73 Å². The molecular formula is C9H21N3O. The van der Waals surface area contributed by atoms with Crippen LogP contribution in [0, 0.1) is 0 Å². The minimum atomic E-state index is 0.532. The molecule has 1 heterocycles. The highest BCUT2D eigenvalue weighted by molar-refractivity contribution is 4.74. The van der Waals surface area contributed by atoms with Gasteiger partial charge in [0.25, 0.3) is 0 Å². The second-order valence-electron chi connectivity index (χ2n) is 3.64. The summed E-state index contributed by atoms with van der Waals surface area (Å²) in [4.78, 5) is 4.73. The average molecular weight is 187 g/mol. The topological polar surface area (TPSA) is 41.7 Å². The van der Waals surface area contributed by atoms with E-state index in [4.69, 9.17) is 10.5 Å². The summed E-state index contributed by atoms with van der Waals surface area (Å²) in [6, 6.07) is 0.532. The smallest absolute Gasteiger partial charge is 0.0615 e. The van der Waals surface area contributed by atoms with Crippen molar-refractivity contribution in [3.8, 4) is 0 Å². The predicted molar refractivity (Wildman–Crippen MR) is 53.5 cm³/mol. The Morgan fingerprint density at radius 3 is 2.38 bits per heavy atom. The first-order chi connectivity index (χ1) is 6.27. The van der Waals surface area contributed by atoms with Crippen LogP contribution < -0.4 is 5.73 Å². The molecule has 0 aromatic heterocycles. The number of hydrogen-bond acceptors (Lipinski definition) is 4.